The molecule has 0 spiro atoms. The van der Waals surface area contributed by atoms with Crippen molar-refractivity contribution >= 4 is 17.6 Å². The molecule has 1 heterocycles. The van der Waals surface area contributed by atoms with Crippen molar-refractivity contribution in [3.8, 4) is 0 Å². The molecule has 0 aliphatic carbocycles. The normalized spacial score (nSPS) is 23.9. The molecule has 2 unspecified atom stereocenters. The predicted octanol–water partition coefficient (Wildman–Crippen LogP) is 2.52. The predicted molar refractivity (Wildman–Crippen MR) is 62.6 cm³/mol. The molecule has 5 heteroatoms. The fourth-order valence-electron chi connectivity index (χ4n) is 2.09. The van der Waals surface area contributed by atoms with E-state index in [-0.39, 0.29) is 11.1 Å². The topological polar surface area (TPSA) is 49.3 Å². The summed E-state index contributed by atoms with van der Waals surface area (Å²) in [4.78, 5) is 10.8. The Kier molecular flexibility index (Phi) is 3.35. The number of benzene rings is 1. The lowest BCUT2D eigenvalue weighted by molar-refractivity contribution is -0.141. The largest absolute Gasteiger partial charge is 0.481 e. The number of hydrogen-bond acceptors (Lipinski definition) is 2. The molecule has 3 nitrogen and oxygen atoms in total. The summed E-state index contributed by atoms with van der Waals surface area (Å²) in [5.74, 6) is -1.69. The number of carbonyl (C=O) groups is 1. The molecule has 1 aromatic rings. The van der Waals surface area contributed by atoms with Crippen molar-refractivity contribution in [3.05, 3.63) is 34.1 Å². The van der Waals surface area contributed by atoms with Crippen molar-refractivity contribution in [2.45, 2.75) is 19.4 Å². The monoisotopic (exact) mass is 257 g/mol. The standard InChI is InChI=1S/C12H13ClFNO2/c1-6-2-3-8(10(13)11(6)14)9-4-7(5-15-9)12(16)17/h2-3,7,9,15H,4-5H2,1H3,(H,16,17). The van der Waals surface area contributed by atoms with Crippen LogP contribution in [-0.2, 0) is 4.79 Å². The van der Waals surface area contributed by atoms with E-state index in [1.54, 1.807) is 19.1 Å². The Hall–Kier alpha value is -1.13. The van der Waals surface area contributed by atoms with Gasteiger partial charge in [-0.2, -0.15) is 0 Å². The molecule has 0 bridgehead atoms. The van der Waals surface area contributed by atoms with E-state index >= 15 is 0 Å². The van der Waals surface area contributed by atoms with Crippen molar-refractivity contribution in [1.29, 1.82) is 0 Å². The summed E-state index contributed by atoms with van der Waals surface area (Å²) in [5.41, 5.74) is 1.13. The quantitative estimate of drug-likeness (QED) is 0.856. The molecule has 2 N–H and O–H groups in total. The van der Waals surface area contributed by atoms with Crippen LogP contribution in [0.1, 0.15) is 23.6 Å². The maximum Gasteiger partial charge on any atom is 0.307 e. The molecule has 0 amide bonds. The molecule has 2 rings (SSSR count). The van der Waals surface area contributed by atoms with Crippen LogP contribution < -0.4 is 5.32 Å². The summed E-state index contributed by atoms with van der Waals surface area (Å²) in [7, 11) is 0. The van der Waals surface area contributed by atoms with E-state index in [0.29, 0.717) is 24.1 Å². The molecule has 2 atom stereocenters. The number of carboxylic acid groups (broad SMARTS) is 1. The molecular formula is C12H13ClFNO2. The zero-order chi connectivity index (χ0) is 12.6. The molecule has 0 aromatic heterocycles. The lowest BCUT2D eigenvalue weighted by atomic mass is 9.99. The molecule has 0 saturated carbocycles. The maximum absolute atomic E-state index is 13.6. The third-order valence-electron chi connectivity index (χ3n) is 3.16. The van der Waals surface area contributed by atoms with E-state index in [1.165, 1.54) is 0 Å². The number of rotatable bonds is 2. The first-order chi connectivity index (χ1) is 8.00. The van der Waals surface area contributed by atoms with Crippen LogP contribution in [-0.4, -0.2) is 17.6 Å². The van der Waals surface area contributed by atoms with Crippen LogP contribution in [0.5, 0.6) is 0 Å². The first kappa shape index (κ1) is 12.3. The lowest BCUT2D eigenvalue weighted by Crippen LogP contribution is -2.17. The number of halogens is 2. The molecule has 92 valence electrons. The zero-order valence-corrected chi connectivity index (χ0v) is 10.1. The highest BCUT2D eigenvalue weighted by Gasteiger charge is 2.31. The van der Waals surface area contributed by atoms with Gasteiger partial charge in [0.25, 0.3) is 0 Å². The Bertz CT molecular complexity index is 464. The van der Waals surface area contributed by atoms with Gasteiger partial charge in [0, 0.05) is 12.6 Å². The van der Waals surface area contributed by atoms with Crippen LogP contribution >= 0.6 is 11.6 Å². The molecule has 17 heavy (non-hydrogen) atoms. The SMILES string of the molecule is Cc1ccc(C2CC(C(=O)O)CN2)c(Cl)c1F. The minimum absolute atomic E-state index is 0.0912. The molecule has 1 aliphatic heterocycles. The van der Waals surface area contributed by atoms with E-state index in [9.17, 15) is 9.18 Å². The van der Waals surface area contributed by atoms with Gasteiger partial charge in [0.05, 0.1) is 10.9 Å². The summed E-state index contributed by atoms with van der Waals surface area (Å²) >= 11 is 5.94. The van der Waals surface area contributed by atoms with E-state index in [0.717, 1.165) is 0 Å². The van der Waals surface area contributed by atoms with Gasteiger partial charge in [0.1, 0.15) is 5.82 Å². The summed E-state index contributed by atoms with van der Waals surface area (Å²) in [6.07, 6.45) is 0.442. The number of aliphatic carboxylic acids is 1. The second kappa shape index (κ2) is 4.63. The van der Waals surface area contributed by atoms with E-state index in [2.05, 4.69) is 5.32 Å². The van der Waals surface area contributed by atoms with Gasteiger partial charge in [-0.15, -0.1) is 0 Å². The van der Waals surface area contributed by atoms with Gasteiger partial charge < -0.3 is 10.4 Å². The average Bonchev–Trinajstić information content (AvgIpc) is 2.75. The van der Waals surface area contributed by atoms with Crippen molar-refractivity contribution in [2.24, 2.45) is 5.92 Å². The Morgan fingerprint density at radius 3 is 2.88 bits per heavy atom. The van der Waals surface area contributed by atoms with Gasteiger partial charge in [-0.1, -0.05) is 23.7 Å². The van der Waals surface area contributed by atoms with Crippen LogP contribution in [0, 0.1) is 18.7 Å². The summed E-state index contributed by atoms with van der Waals surface area (Å²) < 4.78 is 13.6. The first-order valence-electron chi connectivity index (χ1n) is 5.41. The zero-order valence-electron chi connectivity index (χ0n) is 9.34. The van der Waals surface area contributed by atoms with Gasteiger partial charge in [-0.3, -0.25) is 4.79 Å². The summed E-state index contributed by atoms with van der Waals surface area (Å²) in [6, 6.07) is 3.23. The van der Waals surface area contributed by atoms with Crippen LogP contribution in [0.4, 0.5) is 4.39 Å². The minimum Gasteiger partial charge on any atom is -0.481 e. The number of aryl methyl sites for hydroxylation is 1. The summed E-state index contributed by atoms with van der Waals surface area (Å²) in [5, 5.41) is 12.0. The van der Waals surface area contributed by atoms with Gasteiger partial charge in [-0.05, 0) is 24.5 Å². The fraction of sp³-hybridized carbons (Fsp3) is 0.417. The van der Waals surface area contributed by atoms with Crippen LogP contribution in [0.2, 0.25) is 5.02 Å². The Morgan fingerprint density at radius 1 is 1.59 bits per heavy atom. The van der Waals surface area contributed by atoms with Crippen molar-refractivity contribution in [1.82, 2.24) is 5.32 Å². The number of carboxylic acids is 1. The smallest absolute Gasteiger partial charge is 0.307 e. The van der Waals surface area contributed by atoms with E-state index in [4.69, 9.17) is 16.7 Å². The summed E-state index contributed by atoms with van der Waals surface area (Å²) in [6.45, 7) is 2.04. The van der Waals surface area contributed by atoms with Crippen molar-refractivity contribution in [3.63, 3.8) is 0 Å². The number of nitrogens with one attached hydrogen (secondary N) is 1. The van der Waals surface area contributed by atoms with E-state index in [1.807, 2.05) is 0 Å². The van der Waals surface area contributed by atoms with Crippen molar-refractivity contribution < 1.29 is 14.3 Å². The van der Waals surface area contributed by atoms with Gasteiger partial charge in [0.2, 0.25) is 0 Å². The molecular weight excluding hydrogens is 245 g/mol. The van der Waals surface area contributed by atoms with Crippen LogP contribution in [0.15, 0.2) is 12.1 Å². The van der Waals surface area contributed by atoms with Gasteiger partial charge in [-0.25, -0.2) is 4.39 Å². The molecule has 1 aliphatic rings. The van der Waals surface area contributed by atoms with Crippen LogP contribution in [0.25, 0.3) is 0 Å². The Balaban J connectivity index is 2.25. The van der Waals surface area contributed by atoms with Crippen molar-refractivity contribution in [2.75, 3.05) is 6.54 Å². The Labute approximate surface area is 104 Å². The lowest BCUT2D eigenvalue weighted by Gasteiger charge is -2.14. The second-order valence-electron chi connectivity index (χ2n) is 4.33. The van der Waals surface area contributed by atoms with E-state index < -0.39 is 17.7 Å². The highest BCUT2D eigenvalue weighted by atomic mass is 35.5. The average molecular weight is 258 g/mol. The number of hydrogen-bond donors (Lipinski definition) is 2. The highest BCUT2D eigenvalue weighted by molar-refractivity contribution is 6.31. The third-order valence-corrected chi connectivity index (χ3v) is 3.54. The molecule has 0 radical (unpaired) electrons. The molecule has 1 fully saturated rings. The Morgan fingerprint density at radius 2 is 2.29 bits per heavy atom. The van der Waals surface area contributed by atoms with Crippen LogP contribution in [0.3, 0.4) is 0 Å². The third kappa shape index (κ3) is 2.28. The highest BCUT2D eigenvalue weighted by Crippen LogP contribution is 2.34. The maximum atomic E-state index is 13.6. The minimum atomic E-state index is -0.830. The van der Waals surface area contributed by atoms with Gasteiger partial charge in [0.15, 0.2) is 0 Å². The second-order valence-corrected chi connectivity index (χ2v) is 4.71. The fourth-order valence-corrected chi connectivity index (χ4v) is 2.43. The first-order valence-corrected chi connectivity index (χ1v) is 5.79. The molecule has 1 saturated heterocycles. The molecule has 1 aromatic carbocycles. The van der Waals surface area contributed by atoms with Gasteiger partial charge >= 0.3 is 5.97 Å².